The Kier molecular flexibility index (Phi) is 5.47. The summed E-state index contributed by atoms with van der Waals surface area (Å²) < 4.78 is 9.53. The summed E-state index contributed by atoms with van der Waals surface area (Å²) in [6, 6.07) is 3.72. The molecule has 0 aliphatic rings. The standard InChI is InChI=1S/C17H19N5O4S/c1-9-13(21-26-20-9)8-22(3)7-11-5-6-12-14(18-10(2)23)15(17(24)25-4)27-16(12)19-11/h5-6H,7-8H2,1-4H3,(H,18,23). The average molecular weight is 389 g/mol. The largest absolute Gasteiger partial charge is 0.465 e. The molecule has 0 aliphatic carbocycles. The zero-order valence-electron chi connectivity index (χ0n) is 15.4. The third-order valence-corrected chi connectivity index (χ3v) is 4.96. The third-order valence-electron chi connectivity index (χ3n) is 3.88. The van der Waals surface area contributed by atoms with Crippen LogP contribution in [0.25, 0.3) is 10.2 Å². The maximum atomic E-state index is 12.0. The molecule has 0 saturated heterocycles. The number of carbonyl (C=O) groups is 2. The van der Waals surface area contributed by atoms with Crippen LogP contribution in [0.2, 0.25) is 0 Å². The van der Waals surface area contributed by atoms with E-state index in [1.54, 1.807) is 0 Å². The fraction of sp³-hybridized carbons (Fsp3) is 0.353. The number of pyridine rings is 1. The minimum absolute atomic E-state index is 0.264. The van der Waals surface area contributed by atoms with Crippen molar-refractivity contribution in [3.05, 3.63) is 34.1 Å². The zero-order valence-corrected chi connectivity index (χ0v) is 16.2. The van der Waals surface area contributed by atoms with Gasteiger partial charge in [0, 0.05) is 25.4 Å². The van der Waals surface area contributed by atoms with Crippen LogP contribution in [0.4, 0.5) is 5.69 Å². The highest BCUT2D eigenvalue weighted by molar-refractivity contribution is 7.21. The van der Waals surface area contributed by atoms with Gasteiger partial charge in [-0.2, -0.15) is 0 Å². The van der Waals surface area contributed by atoms with Gasteiger partial charge in [0.2, 0.25) is 5.91 Å². The summed E-state index contributed by atoms with van der Waals surface area (Å²) >= 11 is 1.19. The second kappa shape index (κ2) is 7.80. The summed E-state index contributed by atoms with van der Waals surface area (Å²) in [5.41, 5.74) is 2.79. The van der Waals surface area contributed by atoms with Gasteiger partial charge in [-0.05, 0) is 26.1 Å². The molecule has 3 aromatic rings. The SMILES string of the molecule is COC(=O)c1sc2nc(CN(C)Cc3nonc3C)ccc2c1NC(C)=O. The first kappa shape index (κ1) is 18.9. The molecule has 27 heavy (non-hydrogen) atoms. The fourth-order valence-corrected chi connectivity index (χ4v) is 3.69. The van der Waals surface area contributed by atoms with Gasteiger partial charge in [-0.15, -0.1) is 11.3 Å². The molecule has 1 N–H and O–H groups in total. The first-order valence-electron chi connectivity index (χ1n) is 8.14. The maximum Gasteiger partial charge on any atom is 0.350 e. The first-order valence-corrected chi connectivity index (χ1v) is 8.95. The van der Waals surface area contributed by atoms with Crippen LogP contribution in [0.15, 0.2) is 16.8 Å². The van der Waals surface area contributed by atoms with Crippen molar-refractivity contribution in [3.63, 3.8) is 0 Å². The minimum atomic E-state index is -0.505. The number of nitrogens with one attached hydrogen (secondary N) is 1. The van der Waals surface area contributed by atoms with Gasteiger partial charge in [-0.1, -0.05) is 10.3 Å². The van der Waals surface area contributed by atoms with E-state index in [0.29, 0.717) is 33.9 Å². The van der Waals surface area contributed by atoms with Gasteiger partial charge in [0.1, 0.15) is 21.1 Å². The van der Waals surface area contributed by atoms with Crippen molar-refractivity contribution in [2.45, 2.75) is 26.9 Å². The first-order chi connectivity index (χ1) is 12.9. The summed E-state index contributed by atoms with van der Waals surface area (Å²) in [6.07, 6.45) is 0. The maximum absolute atomic E-state index is 12.0. The van der Waals surface area contributed by atoms with Crippen LogP contribution in [-0.4, -0.2) is 46.2 Å². The Labute approximate surface area is 159 Å². The summed E-state index contributed by atoms with van der Waals surface area (Å²) in [5, 5.41) is 11.1. The van der Waals surface area contributed by atoms with Crippen molar-refractivity contribution in [3.8, 4) is 0 Å². The normalized spacial score (nSPS) is 11.1. The molecule has 10 heteroatoms. The van der Waals surface area contributed by atoms with Crippen molar-refractivity contribution in [2.75, 3.05) is 19.5 Å². The number of aromatic nitrogens is 3. The number of nitrogens with zero attached hydrogens (tertiary/aromatic N) is 4. The van der Waals surface area contributed by atoms with Crippen molar-refractivity contribution < 1.29 is 19.0 Å². The Hall–Kier alpha value is -2.85. The Bertz CT molecular complexity index is 997. The zero-order chi connectivity index (χ0) is 19.6. The van der Waals surface area contributed by atoms with E-state index in [1.165, 1.54) is 25.4 Å². The second-order valence-corrected chi connectivity index (χ2v) is 7.10. The molecule has 9 nitrogen and oxygen atoms in total. The average Bonchev–Trinajstić information content (AvgIpc) is 3.17. The van der Waals surface area contributed by atoms with Gasteiger partial charge in [0.05, 0.1) is 18.5 Å². The molecule has 0 aromatic carbocycles. The number of ether oxygens (including phenoxy) is 1. The molecule has 3 aromatic heterocycles. The van der Waals surface area contributed by atoms with E-state index in [-0.39, 0.29) is 5.91 Å². The molecule has 0 saturated carbocycles. The molecule has 3 heterocycles. The lowest BCUT2D eigenvalue weighted by molar-refractivity contribution is -0.114. The van der Waals surface area contributed by atoms with Gasteiger partial charge in [-0.3, -0.25) is 9.69 Å². The lowest BCUT2D eigenvalue weighted by Crippen LogP contribution is -2.18. The number of thiophene rings is 1. The van der Waals surface area contributed by atoms with Crippen LogP contribution in [-0.2, 0) is 22.6 Å². The quantitative estimate of drug-likeness (QED) is 0.640. The molecule has 142 valence electrons. The van der Waals surface area contributed by atoms with Gasteiger partial charge >= 0.3 is 5.97 Å². The van der Waals surface area contributed by atoms with E-state index in [2.05, 4.69) is 20.6 Å². The van der Waals surface area contributed by atoms with Crippen LogP contribution in [0.1, 0.15) is 33.7 Å². The highest BCUT2D eigenvalue weighted by atomic mass is 32.1. The fourth-order valence-electron chi connectivity index (χ4n) is 2.62. The number of aryl methyl sites for hydroxylation is 1. The molecule has 0 unspecified atom stereocenters. The van der Waals surface area contributed by atoms with E-state index in [1.807, 2.05) is 31.0 Å². The molecule has 0 radical (unpaired) electrons. The molecule has 0 atom stereocenters. The monoisotopic (exact) mass is 389 g/mol. The van der Waals surface area contributed by atoms with Crippen molar-refractivity contribution in [2.24, 2.45) is 0 Å². The third kappa shape index (κ3) is 4.12. The van der Waals surface area contributed by atoms with Crippen LogP contribution in [0.5, 0.6) is 0 Å². The molecule has 3 rings (SSSR count). The number of hydrogen-bond donors (Lipinski definition) is 1. The predicted molar refractivity (Wildman–Crippen MR) is 99.5 cm³/mol. The van der Waals surface area contributed by atoms with Crippen LogP contribution < -0.4 is 5.32 Å². The minimum Gasteiger partial charge on any atom is -0.465 e. The molecule has 1 amide bonds. The van der Waals surface area contributed by atoms with E-state index >= 15 is 0 Å². The Morgan fingerprint density at radius 2 is 2.07 bits per heavy atom. The van der Waals surface area contributed by atoms with Gasteiger partial charge in [0.15, 0.2) is 0 Å². The second-order valence-electron chi connectivity index (χ2n) is 6.10. The molecule has 0 bridgehead atoms. The van der Waals surface area contributed by atoms with Gasteiger partial charge in [-0.25, -0.2) is 14.4 Å². The van der Waals surface area contributed by atoms with E-state index in [0.717, 1.165) is 17.1 Å². The van der Waals surface area contributed by atoms with E-state index < -0.39 is 5.97 Å². The number of esters is 1. The summed E-state index contributed by atoms with van der Waals surface area (Å²) in [6.45, 7) is 4.38. The number of methoxy groups -OCH3 is 1. The molecule has 0 spiro atoms. The van der Waals surface area contributed by atoms with Gasteiger partial charge in [0.25, 0.3) is 0 Å². The topological polar surface area (TPSA) is 110 Å². The lowest BCUT2D eigenvalue weighted by atomic mass is 10.2. The highest BCUT2D eigenvalue weighted by Gasteiger charge is 2.21. The van der Waals surface area contributed by atoms with Crippen LogP contribution >= 0.6 is 11.3 Å². The number of amides is 1. The lowest BCUT2D eigenvalue weighted by Gasteiger charge is -2.14. The number of anilines is 1. The van der Waals surface area contributed by atoms with Gasteiger partial charge < -0.3 is 10.1 Å². The molecule has 0 aliphatic heterocycles. The van der Waals surface area contributed by atoms with Crippen molar-refractivity contribution in [1.29, 1.82) is 0 Å². The van der Waals surface area contributed by atoms with Crippen molar-refractivity contribution in [1.82, 2.24) is 20.2 Å². The smallest absolute Gasteiger partial charge is 0.350 e. The summed E-state index contributed by atoms with van der Waals surface area (Å²) in [5.74, 6) is -0.769. The Balaban J connectivity index is 1.87. The molecular formula is C17H19N5O4S. The summed E-state index contributed by atoms with van der Waals surface area (Å²) in [4.78, 5) is 31.2. The van der Waals surface area contributed by atoms with E-state index in [9.17, 15) is 9.59 Å². The van der Waals surface area contributed by atoms with Crippen LogP contribution in [0, 0.1) is 6.92 Å². The Morgan fingerprint density at radius 3 is 2.70 bits per heavy atom. The summed E-state index contributed by atoms with van der Waals surface area (Å²) in [7, 11) is 3.25. The number of fused-ring (bicyclic) bond motifs is 1. The number of rotatable bonds is 6. The molecule has 0 fully saturated rings. The van der Waals surface area contributed by atoms with E-state index in [4.69, 9.17) is 9.37 Å². The van der Waals surface area contributed by atoms with Crippen LogP contribution in [0.3, 0.4) is 0 Å². The Morgan fingerprint density at radius 1 is 1.30 bits per heavy atom. The van der Waals surface area contributed by atoms with Crippen molar-refractivity contribution >= 4 is 39.1 Å². The highest BCUT2D eigenvalue weighted by Crippen LogP contribution is 2.35. The number of hydrogen-bond acceptors (Lipinski definition) is 9. The molecular weight excluding hydrogens is 370 g/mol. The predicted octanol–water partition coefficient (Wildman–Crippen LogP) is 2.36. The number of carbonyl (C=O) groups excluding carboxylic acids is 2.